The van der Waals surface area contributed by atoms with Gasteiger partial charge >= 0.3 is 0 Å². The molecule has 0 amide bonds. The van der Waals surface area contributed by atoms with Gasteiger partial charge in [0, 0.05) is 37.1 Å². The third kappa shape index (κ3) is 3.03. The summed E-state index contributed by atoms with van der Waals surface area (Å²) >= 11 is 0. The largest absolute Gasteiger partial charge is 0.470 e. The Hall–Kier alpha value is -2.87. The average Bonchev–Trinajstić information content (AvgIpc) is 3.25. The number of nitrogens with one attached hydrogen (secondary N) is 1. The molecule has 6 nitrogen and oxygen atoms in total. The molecule has 0 bridgehead atoms. The van der Waals surface area contributed by atoms with Crippen molar-refractivity contribution in [3.05, 3.63) is 83.9 Å². The highest BCUT2D eigenvalue weighted by Crippen LogP contribution is 2.48. The quantitative estimate of drug-likeness (QED) is 0.646. The SMILES string of the molecule is CS(=O)(=O)N1CCC2(CC1)Oc1ccccc1[C@@H]1C=C(c3cccc4ccccc34)NN12. The maximum Gasteiger partial charge on any atom is 0.211 e. The van der Waals surface area contributed by atoms with Crippen molar-refractivity contribution >= 4 is 26.5 Å². The first-order valence-electron chi connectivity index (χ1n) is 10.9. The van der Waals surface area contributed by atoms with Crippen LogP contribution in [0.3, 0.4) is 0 Å². The second-order valence-electron chi connectivity index (χ2n) is 8.78. The highest BCUT2D eigenvalue weighted by Gasteiger charge is 2.52. The summed E-state index contributed by atoms with van der Waals surface area (Å²) in [6.45, 7) is 0.880. The van der Waals surface area contributed by atoms with Crippen LogP contribution in [0.4, 0.5) is 0 Å². The van der Waals surface area contributed by atoms with Crippen LogP contribution < -0.4 is 10.2 Å². The fraction of sp³-hybridized carbons (Fsp3) is 0.280. The van der Waals surface area contributed by atoms with Gasteiger partial charge in [-0.2, -0.15) is 5.01 Å². The Balaban J connectivity index is 1.42. The highest BCUT2D eigenvalue weighted by molar-refractivity contribution is 7.88. The standard InChI is InChI=1S/C25H25N3O3S/c1-32(29,30)27-15-13-25(14-16-27)28-23(21-10-4-5-12-24(21)31-25)17-22(26-28)20-11-6-8-18-7-2-3-9-19(18)20/h2-12,17,23,26H,13-16H2,1H3/t23-/m0/s1. The van der Waals surface area contributed by atoms with Crippen LogP contribution in [0.1, 0.15) is 30.0 Å². The van der Waals surface area contributed by atoms with Crippen LogP contribution in [0.25, 0.3) is 16.5 Å². The summed E-state index contributed by atoms with van der Waals surface area (Å²) in [6.07, 6.45) is 4.73. The Bertz CT molecular complexity index is 1340. The van der Waals surface area contributed by atoms with E-state index in [-0.39, 0.29) is 6.04 Å². The van der Waals surface area contributed by atoms with E-state index in [1.807, 2.05) is 18.2 Å². The van der Waals surface area contributed by atoms with Gasteiger partial charge in [0.05, 0.1) is 18.0 Å². The Labute approximate surface area is 188 Å². The summed E-state index contributed by atoms with van der Waals surface area (Å²) in [5.41, 5.74) is 6.37. The number of hydrogen-bond donors (Lipinski definition) is 1. The van der Waals surface area contributed by atoms with Crippen molar-refractivity contribution in [2.75, 3.05) is 19.3 Å². The molecule has 1 N–H and O–H groups in total. The number of benzene rings is 3. The molecule has 32 heavy (non-hydrogen) atoms. The van der Waals surface area contributed by atoms with E-state index in [1.54, 1.807) is 4.31 Å². The number of rotatable bonds is 2. The van der Waals surface area contributed by atoms with Gasteiger partial charge in [0.15, 0.2) is 5.72 Å². The number of ether oxygens (including phenoxy) is 1. The van der Waals surface area contributed by atoms with E-state index in [0.717, 1.165) is 22.6 Å². The summed E-state index contributed by atoms with van der Waals surface area (Å²) in [7, 11) is -3.22. The van der Waals surface area contributed by atoms with E-state index < -0.39 is 15.7 Å². The van der Waals surface area contributed by atoms with Gasteiger partial charge in [-0.3, -0.25) is 0 Å². The summed E-state index contributed by atoms with van der Waals surface area (Å²) in [5, 5.41) is 4.60. The topological polar surface area (TPSA) is 61.9 Å². The summed E-state index contributed by atoms with van der Waals surface area (Å²) < 4.78 is 32.3. The first-order valence-corrected chi connectivity index (χ1v) is 12.8. The summed E-state index contributed by atoms with van der Waals surface area (Å²) in [5.74, 6) is 0.874. The van der Waals surface area contributed by atoms with E-state index >= 15 is 0 Å². The molecule has 3 aromatic rings. The van der Waals surface area contributed by atoms with Crippen LogP contribution in [0.5, 0.6) is 5.75 Å². The van der Waals surface area contributed by atoms with Crippen molar-refractivity contribution in [3.8, 4) is 5.75 Å². The molecule has 0 aliphatic carbocycles. The lowest BCUT2D eigenvalue weighted by atomic mass is 9.93. The van der Waals surface area contributed by atoms with Crippen molar-refractivity contribution in [1.29, 1.82) is 0 Å². The fourth-order valence-corrected chi connectivity index (χ4v) is 6.09. The van der Waals surface area contributed by atoms with Gasteiger partial charge < -0.3 is 10.2 Å². The first kappa shape index (κ1) is 19.8. The van der Waals surface area contributed by atoms with Crippen molar-refractivity contribution < 1.29 is 13.2 Å². The van der Waals surface area contributed by atoms with Gasteiger partial charge in [-0.1, -0.05) is 60.7 Å². The molecule has 3 heterocycles. The van der Waals surface area contributed by atoms with E-state index in [4.69, 9.17) is 4.74 Å². The third-order valence-electron chi connectivity index (χ3n) is 6.87. The second-order valence-corrected chi connectivity index (χ2v) is 10.8. The van der Waals surface area contributed by atoms with Crippen molar-refractivity contribution in [1.82, 2.24) is 14.7 Å². The average molecular weight is 448 g/mol. The van der Waals surface area contributed by atoms with E-state index in [1.165, 1.54) is 17.0 Å². The van der Waals surface area contributed by atoms with Gasteiger partial charge in [0.2, 0.25) is 10.0 Å². The van der Waals surface area contributed by atoms with Gasteiger partial charge in [-0.15, -0.1) is 0 Å². The summed E-state index contributed by atoms with van der Waals surface area (Å²) in [6, 6.07) is 22.9. The van der Waals surface area contributed by atoms with Gasteiger partial charge in [0.25, 0.3) is 0 Å². The van der Waals surface area contributed by atoms with Crippen LogP contribution in [-0.4, -0.2) is 42.8 Å². The monoisotopic (exact) mass is 447 g/mol. The molecule has 1 fully saturated rings. The molecule has 3 aliphatic heterocycles. The molecule has 0 radical (unpaired) electrons. The smallest absolute Gasteiger partial charge is 0.211 e. The summed E-state index contributed by atoms with van der Waals surface area (Å²) in [4.78, 5) is 0. The molecule has 1 atom stereocenters. The molecule has 1 spiro atoms. The van der Waals surface area contributed by atoms with Crippen LogP contribution >= 0.6 is 0 Å². The maximum atomic E-state index is 12.1. The number of hydrogen-bond acceptors (Lipinski definition) is 5. The molecule has 7 heteroatoms. The maximum absolute atomic E-state index is 12.1. The lowest BCUT2D eigenvalue weighted by Gasteiger charge is -2.51. The molecule has 0 aromatic heterocycles. The zero-order chi connectivity index (χ0) is 21.9. The minimum atomic E-state index is -3.22. The van der Waals surface area contributed by atoms with Gasteiger partial charge in [0.1, 0.15) is 5.75 Å². The van der Waals surface area contributed by atoms with Crippen molar-refractivity contribution in [3.63, 3.8) is 0 Å². The number of hydrazine groups is 1. The van der Waals surface area contributed by atoms with Crippen LogP contribution in [-0.2, 0) is 10.0 Å². The molecule has 3 aliphatic rings. The Morgan fingerprint density at radius 1 is 0.969 bits per heavy atom. The van der Waals surface area contributed by atoms with Crippen LogP contribution in [0.2, 0.25) is 0 Å². The lowest BCUT2D eigenvalue weighted by Crippen LogP contribution is -2.64. The molecular weight excluding hydrogens is 422 g/mol. The molecule has 1 saturated heterocycles. The molecule has 0 saturated carbocycles. The third-order valence-corrected chi connectivity index (χ3v) is 8.18. The van der Waals surface area contributed by atoms with Crippen LogP contribution in [0, 0.1) is 0 Å². The zero-order valence-electron chi connectivity index (χ0n) is 17.9. The predicted molar refractivity (Wildman–Crippen MR) is 125 cm³/mol. The highest BCUT2D eigenvalue weighted by atomic mass is 32.2. The minimum absolute atomic E-state index is 0.0127. The molecule has 0 unspecified atom stereocenters. The molecular formula is C25H25N3O3S. The number of sulfonamides is 1. The first-order chi connectivity index (χ1) is 15.4. The minimum Gasteiger partial charge on any atom is -0.470 e. The van der Waals surface area contributed by atoms with E-state index in [2.05, 4.69) is 65.0 Å². The Morgan fingerprint density at radius 2 is 1.69 bits per heavy atom. The van der Waals surface area contributed by atoms with Gasteiger partial charge in [-0.25, -0.2) is 12.7 Å². The normalized spacial score (nSPS) is 22.7. The van der Waals surface area contributed by atoms with Crippen LogP contribution in [0.15, 0.2) is 72.8 Å². The molecule has 6 rings (SSSR count). The number of fused-ring (bicyclic) bond motifs is 5. The Morgan fingerprint density at radius 3 is 2.50 bits per heavy atom. The second kappa shape index (κ2) is 7.07. The zero-order valence-corrected chi connectivity index (χ0v) is 18.7. The fourth-order valence-electron chi connectivity index (χ4n) is 5.25. The predicted octanol–water partition coefficient (Wildman–Crippen LogP) is 3.89. The van der Waals surface area contributed by atoms with Crippen molar-refractivity contribution in [2.24, 2.45) is 0 Å². The molecule has 3 aromatic carbocycles. The number of nitrogens with zero attached hydrogens (tertiary/aromatic N) is 2. The van der Waals surface area contributed by atoms with E-state index in [9.17, 15) is 8.42 Å². The lowest BCUT2D eigenvalue weighted by molar-refractivity contribution is -0.153. The van der Waals surface area contributed by atoms with E-state index in [0.29, 0.717) is 25.9 Å². The Kier molecular flexibility index (Phi) is 4.37. The number of para-hydroxylation sites is 1. The van der Waals surface area contributed by atoms with Gasteiger partial charge in [-0.05, 0) is 22.9 Å². The number of piperidine rings is 1. The molecule has 164 valence electrons. The van der Waals surface area contributed by atoms with Crippen molar-refractivity contribution in [2.45, 2.75) is 24.6 Å².